The first-order valence-electron chi connectivity index (χ1n) is 8.41. The van der Waals surface area contributed by atoms with Gasteiger partial charge in [0.25, 0.3) is 0 Å². The summed E-state index contributed by atoms with van der Waals surface area (Å²) in [5.41, 5.74) is 1.61. The molecule has 0 saturated heterocycles. The second-order valence-corrected chi connectivity index (χ2v) is 11.9. The molecule has 0 fully saturated rings. The number of hydrogen-bond donors (Lipinski definition) is 0. The minimum atomic E-state index is -4.38. The summed E-state index contributed by atoms with van der Waals surface area (Å²) in [4.78, 5) is 23.8. The van der Waals surface area contributed by atoms with Crippen molar-refractivity contribution in [3.63, 3.8) is 0 Å². The van der Waals surface area contributed by atoms with Crippen molar-refractivity contribution in [1.29, 1.82) is 0 Å². The van der Waals surface area contributed by atoms with Crippen LogP contribution in [0.3, 0.4) is 0 Å². The summed E-state index contributed by atoms with van der Waals surface area (Å²) in [6, 6.07) is 11.4. The highest BCUT2D eigenvalue weighted by atomic mass is 79.9. The molecule has 0 N–H and O–H groups in total. The molecule has 156 valence electrons. The number of ketones is 2. The highest BCUT2D eigenvalue weighted by molar-refractivity contribution is 9.12. The molecule has 1 aliphatic rings. The van der Waals surface area contributed by atoms with Gasteiger partial charge in [-0.1, -0.05) is 35.4 Å². The number of hydrogen-bond acceptors (Lipinski definition) is 6. The van der Waals surface area contributed by atoms with E-state index in [1.54, 1.807) is 38.1 Å². The van der Waals surface area contributed by atoms with Gasteiger partial charge in [-0.3, -0.25) is 9.59 Å². The molecule has 0 radical (unpaired) electrons. The predicted octanol–water partition coefficient (Wildman–Crippen LogP) is 3.92. The van der Waals surface area contributed by atoms with Gasteiger partial charge in [0.1, 0.15) is 9.81 Å². The molecule has 3 rings (SSSR count). The van der Waals surface area contributed by atoms with E-state index in [0.717, 1.165) is 11.1 Å². The van der Waals surface area contributed by atoms with Crippen molar-refractivity contribution >= 4 is 63.1 Å². The molecule has 0 amide bonds. The zero-order valence-electron chi connectivity index (χ0n) is 15.6. The van der Waals surface area contributed by atoms with E-state index in [9.17, 15) is 26.4 Å². The Morgan fingerprint density at radius 1 is 0.567 bits per heavy atom. The SMILES string of the molecule is Cc1ccc(S(=O)(=O)C2=C(Br)C(=O)C(S(=O)(=O)c3ccc(C)cc3)=C(Br)C2=O)cc1. The molecular weight excluding hydrogens is 560 g/mol. The highest BCUT2D eigenvalue weighted by Gasteiger charge is 2.44. The van der Waals surface area contributed by atoms with Crippen molar-refractivity contribution in [2.45, 2.75) is 23.6 Å². The lowest BCUT2D eigenvalue weighted by atomic mass is 10.1. The predicted molar refractivity (Wildman–Crippen MR) is 119 cm³/mol. The molecule has 6 nitrogen and oxygen atoms in total. The average molecular weight is 574 g/mol. The summed E-state index contributed by atoms with van der Waals surface area (Å²) in [5.74, 6) is -2.24. The average Bonchev–Trinajstić information content (AvgIpc) is 2.67. The molecule has 0 atom stereocenters. The number of halogens is 2. The van der Waals surface area contributed by atoms with Crippen LogP contribution >= 0.6 is 31.9 Å². The van der Waals surface area contributed by atoms with Gasteiger partial charge < -0.3 is 0 Å². The van der Waals surface area contributed by atoms with Gasteiger partial charge >= 0.3 is 0 Å². The van der Waals surface area contributed by atoms with E-state index < -0.39 is 50.0 Å². The highest BCUT2D eigenvalue weighted by Crippen LogP contribution is 2.40. The number of sulfone groups is 2. The summed E-state index contributed by atoms with van der Waals surface area (Å²) < 4.78 is 50.8. The molecule has 0 spiro atoms. The maximum Gasteiger partial charge on any atom is 0.214 e. The second kappa shape index (κ2) is 7.99. The lowest BCUT2D eigenvalue weighted by molar-refractivity contribution is -0.114. The number of carbonyl (C=O) groups excluding carboxylic acids is 2. The van der Waals surface area contributed by atoms with Crippen LogP contribution in [0.1, 0.15) is 11.1 Å². The number of allylic oxidation sites excluding steroid dienone is 4. The van der Waals surface area contributed by atoms with Gasteiger partial charge in [0.05, 0.1) is 18.8 Å². The molecule has 0 heterocycles. The van der Waals surface area contributed by atoms with Gasteiger partial charge in [-0.25, -0.2) is 16.8 Å². The Morgan fingerprint density at radius 3 is 1.10 bits per heavy atom. The molecule has 0 bridgehead atoms. The van der Waals surface area contributed by atoms with Gasteiger partial charge in [0.2, 0.25) is 31.2 Å². The smallest absolute Gasteiger partial charge is 0.214 e. The monoisotopic (exact) mass is 572 g/mol. The van der Waals surface area contributed by atoms with Crippen LogP contribution in [0.4, 0.5) is 0 Å². The molecule has 0 saturated carbocycles. The van der Waals surface area contributed by atoms with E-state index in [2.05, 4.69) is 31.9 Å². The first kappa shape index (κ1) is 22.8. The summed E-state index contributed by atoms with van der Waals surface area (Å²) in [5, 5.41) is 0. The van der Waals surface area contributed by atoms with Crippen molar-refractivity contribution in [1.82, 2.24) is 0 Å². The quantitative estimate of drug-likeness (QED) is 0.514. The fraction of sp³-hybridized carbons (Fsp3) is 0.100. The Labute approximate surface area is 190 Å². The molecule has 10 heteroatoms. The van der Waals surface area contributed by atoms with E-state index >= 15 is 0 Å². The number of carbonyl (C=O) groups is 2. The van der Waals surface area contributed by atoms with Crippen LogP contribution in [-0.4, -0.2) is 28.4 Å². The Morgan fingerprint density at radius 2 is 0.833 bits per heavy atom. The molecule has 0 aromatic heterocycles. The van der Waals surface area contributed by atoms with Gasteiger partial charge in [-0.05, 0) is 70.0 Å². The number of rotatable bonds is 4. The van der Waals surface area contributed by atoms with Crippen LogP contribution in [0.25, 0.3) is 0 Å². The fourth-order valence-corrected chi connectivity index (χ4v) is 7.86. The van der Waals surface area contributed by atoms with Crippen molar-refractivity contribution in [3.05, 3.63) is 78.4 Å². The van der Waals surface area contributed by atoms with Crippen LogP contribution in [0.5, 0.6) is 0 Å². The molecular formula is C20H14Br2O6S2. The van der Waals surface area contributed by atoms with Gasteiger partial charge in [0.15, 0.2) is 0 Å². The zero-order valence-corrected chi connectivity index (χ0v) is 20.4. The fourth-order valence-electron chi connectivity index (χ4n) is 2.76. The molecule has 1 aliphatic carbocycles. The Kier molecular flexibility index (Phi) is 6.07. The van der Waals surface area contributed by atoms with Crippen molar-refractivity contribution in [2.75, 3.05) is 0 Å². The lowest BCUT2D eigenvalue weighted by Gasteiger charge is -2.19. The molecule has 2 aromatic carbocycles. The Balaban J connectivity index is 2.18. The molecule has 0 unspecified atom stereocenters. The van der Waals surface area contributed by atoms with E-state index in [1.807, 2.05) is 0 Å². The van der Waals surface area contributed by atoms with Crippen LogP contribution in [-0.2, 0) is 29.3 Å². The second-order valence-electron chi connectivity index (χ2n) is 6.58. The Hall–Kier alpha value is -1.88. The minimum Gasteiger partial charge on any atom is -0.287 e. The normalized spacial score (nSPS) is 15.7. The third kappa shape index (κ3) is 3.77. The first-order chi connectivity index (χ1) is 13.9. The lowest BCUT2D eigenvalue weighted by Crippen LogP contribution is -2.28. The maximum atomic E-state index is 13.0. The number of aryl methyl sites for hydroxylation is 2. The number of benzene rings is 2. The van der Waals surface area contributed by atoms with Crippen LogP contribution in [0.15, 0.2) is 77.1 Å². The van der Waals surface area contributed by atoms with E-state index in [-0.39, 0.29) is 9.79 Å². The minimum absolute atomic E-state index is 0.189. The Bertz CT molecular complexity index is 1240. The largest absolute Gasteiger partial charge is 0.287 e. The van der Waals surface area contributed by atoms with Crippen molar-refractivity contribution < 1.29 is 26.4 Å². The number of Topliss-reactive ketones (excluding diaryl/α,β-unsaturated/α-hetero) is 2. The summed E-state index contributed by atoms with van der Waals surface area (Å²) in [7, 11) is -8.76. The van der Waals surface area contributed by atoms with Crippen LogP contribution in [0.2, 0.25) is 0 Å². The van der Waals surface area contributed by atoms with Crippen molar-refractivity contribution in [2.24, 2.45) is 0 Å². The zero-order chi connectivity index (χ0) is 22.4. The van der Waals surface area contributed by atoms with E-state index in [1.165, 1.54) is 24.3 Å². The first-order valence-corrected chi connectivity index (χ1v) is 13.0. The van der Waals surface area contributed by atoms with Gasteiger partial charge in [-0.15, -0.1) is 0 Å². The van der Waals surface area contributed by atoms with Crippen LogP contribution < -0.4 is 0 Å². The summed E-state index contributed by atoms with van der Waals surface area (Å²) in [6.07, 6.45) is 0. The third-order valence-corrected chi connectivity index (χ3v) is 10.1. The maximum absolute atomic E-state index is 13.0. The molecule has 2 aromatic rings. The van der Waals surface area contributed by atoms with E-state index in [0.29, 0.717) is 0 Å². The third-order valence-electron chi connectivity index (χ3n) is 4.41. The summed E-state index contributed by atoms with van der Waals surface area (Å²) in [6.45, 7) is 3.53. The molecule has 30 heavy (non-hydrogen) atoms. The van der Waals surface area contributed by atoms with Gasteiger partial charge in [-0.2, -0.15) is 0 Å². The standard InChI is InChI=1S/C20H14Br2O6S2/c1-11-3-7-13(8-4-11)29(25,26)19-15(21)18(24)20(16(22)17(19)23)30(27,28)14-9-5-12(2)6-10-14/h3-10H,1-2H3. The van der Waals surface area contributed by atoms with Crippen molar-refractivity contribution in [3.8, 4) is 0 Å². The summed E-state index contributed by atoms with van der Waals surface area (Å²) >= 11 is 5.73. The topological polar surface area (TPSA) is 102 Å². The van der Waals surface area contributed by atoms with E-state index in [4.69, 9.17) is 0 Å². The molecule has 0 aliphatic heterocycles. The van der Waals surface area contributed by atoms with Crippen LogP contribution in [0, 0.1) is 13.8 Å². The van der Waals surface area contributed by atoms with Gasteiger partial charge in [0, 0.05) is 0 Å².